The third-order valence-corrected chi connectivity index (χ3v) is 13.5. The zero-order valence-electron chi connectivity index (χ0n) is 44.3. The number of aliphatic hydroxyl groups is 5. The summed E-state index contributed by atoms with van der Waals surface area (Å²) in [5, 5.41) is 54.3. The summed E-state index contributed by atoms with van der Waals surface area (Å²) in [5.41, 5.74) is 0. The largest absolute Gasteiger partial charge is 0.466 e. The number of esters is 1. The van der Waals surface area contributed by atoms with Crippen LogP contribution in [0.3, 0.4) is 0 Å². The molecule has 0 aromatic heterocycles. The first-order valence-corrected chi connectivity index (χ1v) is 28.8. The highest BCUT2D eigenvalue weighted by molar-refractivity contribution is 5.76. The lowest BCUT2D eigenvalue weighted by Gasteiger charge is -2.40. The van der Waals surface area contributed by atoms with Crippen molar-refractivity contribution in [1.82, 2.24) is 5.32 Å². The Hall–Kier alpha value is -2.12. The van der Waals surface area contributed by atoms with Crippen molar-refractivity contribution in [3.05, 3.63) is 36.5 Å². The van der Waals surface area contributed by atoms with Crippen molar-refractivity contribution in [1.29, 1.82) is 0 Å². The van der Waals surface area contributed by atoms with E-state index < -0.39 is 49.5 Å². The van der Waals surface area contributed by atoms with Crippen LogP contribution in [0.5, 0.6) is 0 Å². The molecular formula is C58H107NO10. The van der Waals surface area contributed by atoms with Gasteiger partial charge in [0.2, 0.25) is 5.91 Å². The van der Waals surface area contributed by atoms with Gasteiger partial charge in [-0.05, 0) is 70.6 Å². The van der Waals surface area contributed by atoms with Crippen molar-refractivity contribution < 1.29 is 49.3 Å². The van der Waals surface area contributed by atoms with Gasteiger partial charge < -0.3 is 45.1 Å². The molecule has 6 N–H and O–H groups in total. The number of carbonyl (C=O) groups is 2. The Balaban J connectivity index is 2.16. The first-order valence-electron chi connectivity index (χ1n) is 28.8. The number of unbranched alkanes of at least 4 members (excludes halogenated alkanes) is 31. The van der Waals surface area contributed by atoms with E-state index in [1.54, 1.807) is 6.08 Å². The number of allylic oxidation sites excluding steroid dienone is 5. The Morgan fingerprint density at radius 3 is 1.46 bits per heavy atom. The second kappa shape index (κ2) is 48.2. The quantitative estimate of drug-likeness (QED) is 0.0196. The fourth-order valence-electron chi connectivity index (χ4n) is 8.88. The molecule has 11 nitrogen and oxygen atoms in total. The molecule has 0 aromatic rings. The van der Waals surface area contributed by atoms with Gasteiger partial charge in [0.15, 0.2) is 6.29 Å². The fraction of sp³-hybridized carbons (Fsp3) is 0.862. The third kappa shape index (κ3) is 38.2. The van der Waals surface area contributed by atoms with Crippen molar-refractivity contribution in [3.8, 4) is 0 Å². The van der Waals surface area contributed by atoms with Gasteiger partial charge in [-0.15, -0.1) is 0 Å². The van der Waals surface area contributed by atoms with Gasteiger partial charge in [-0.1, -0.05) is 211 Å². The molecule has 0 radical (unpaired) electrons. The summed E-state index contributed by atoms with van der Waals surface area (Å²) in [7, 11) is 0. The van der Waals surface area contributed by atoms with E-state index in [0.717, 1.165) is 96.3 Å². The maximum absolute atomic E-state index is 13.0. The van der Waals surface area contributed by atoms with Crippen LogP contribution in [-0.2, 0) is 23.8 Å². The van der Waals surface area contributed by atoms with Crippen LogP contribution in [0.25, 0.3) is 0 Å². The van der Waals surface area contributed by atoms with E-state index in [9.17, 15) is 35.1 Å². The van der Waals surface area contributed by atoms with Gasteiger partial charge in [0, 0.05) is 12.8 Å². The van der Waals surface area contributed by atoms with E-state index in [1.165, 1.54) is 135 Å². The van der Waals surface area contributed by atoms with Crippen molar-refractivity contribution >= 4 is 11.9 Å². The van der Waals surface area contributed by atoms with Crippen LogP contribution in [0.2, 0.25) is 0 Å². The number of ether oxygens (including phenoxy) is 3. The number of amides is 1. The van der Waals surface area contributed by atoms with E-state index in [2.05, 4.69) is 43.5 Å². The molecule has 0 aromatic carbocycles. The van der Waals surface area contributed by atoms with Gasteiger partial charge in [-0.3, -0.25) is 9.59 Å². The number of nitrogens with one attached hydrogen (secondary N) is 1. The molecule has 1 rings (SSSR count). The minimum Gasteiger partial charge on any atom is -0.466 e. The highest BCUT2D eigenvalue weighted by atomic mass is 16.7. The van der Waals surface area contributed by atoms with Crippen LogP contribution < -0.4 is 5.32 Å². The lowest BCUT2D eigenvalue weighted by atomic mass is 9.99. The molecule has 0 bridgehead atoms. The van der Waals surface area contributed by atoms with Gasteiger partial charge in [0.25, 0.3) is 0 Å². The SMILES string of the molecule is CCCCCCCCCCCCC/C=C/C(O)C(COC1OC(CO)C(O)C(O)C1O)NC(=O)CCCCCCCCC/C=C\C/C=C\CCCCCOC(=O)CCCCCCCCCCCCC. The second-order valence-corrected chi connectivity index (χ2v) is 20.0. The van der Waals surface area contributed by atoms with Gasteiger partial charge in [0.05, 0.1) is 32.0 Å². The zero-order valence-corrected chi connectivity index (χ0v) is 44.3. The Bertz CT molecular complexity index is 1240. The molecule has 1 heterocycles. The normalized spacial score (nSPS) is 19.6. The highest BCUT2D eigenvalue weighted by Crippen LogP contribution is 2.23. The van der Waals surface area contributed by atoms with E-state index in [-0.39, 0.29) is 18.5 Å². The monoisotopic (exact) mass is 978 g/mol. The van der Waals surface area contributed by atoms with Gasteiger partial charge in [-0.2, -0.15) is 0 Å². The molecule has 69 heavy (non-hydrogen) atoms. The average molecular weight is 978 g/mol. The molecule has 404 valence electrons. The molecule has 11 heteroatoms. The fourth-order valence-corrected chi connectivity index (χ4v) is 8.88. The first kappa shape index (κ1) is 64.9. The Labute approximate surface area is 422 Å². The van der Waals surface area contributed by atoms with Gasteiger partial charge >= 0.3 is 5.97 Å². The maximum atomic E-state index is 13.0. The van der Waals surface area contributed by atoms with E-state index in [0.29, 0.717) is 19.4 Å². The molecule has 1 fully saturated rings. The number of carbonyl (C=O) groups excluding carboxylic acids is 2. The minimum absolute atomic E-state index is 0.0329. The Morgan fingerprint density at radius 2 is 0.971 bits per heavy atom. The molecule has 1 aliphatic heterocycles. The molecule has 7 atom stereocenters. The van der Waals surface area contributed by atoms with Crippen LogP contribution in [0, 0.1) is 0 Å². The van der Waals surface area contributed by atoms with Crippen molar-refractivity contribution in [2.24, 2.45) is 0 Å². The lowest BCUT2D eigenvalue weighted by Crippen LogP contribution is -2.60. The predicted molar refractivity (Wildman–Crippen MR) is 283 cm³/mol. The molecule has 1 saturated heterocycles. The summed E-state index contributed by atoms with van der Waals surface area (Å²) < 4.78 is 16.7. The van der Waals surface area contributed by atoms with E-state index in [1.807, 2.05) is 6.08 Å². The molecule has 0 spiro atoms. The maximum Gasteiger partial charge on any atom is 0.305 e. The van der Waals surface area contributed by atoms with Crippen LogP contribution in [0.4, 0.5) is 0 Å². The minimum atomic E-state index is -1.58. The van der Waals surface area contributed by atoms with Crippen LogP contribution in [-0.4, -0.2) is 100 Å². The van der Waals surface area contributed by atoms with Crippen molar-refractivity contribution in [2.75, 3.05) is 19.8 Å². The van der Waals surface area contributed by atoms with Crippen LogP contribution in [0.1, 0.15) is 258 Å². The Morgan fingerprint density at radius 1 is 0.536 bits per heavy atom. The van der Waals surface area contributed by atoms with Gasteiger partial charge in [-0.25, -0.2) is 0 Å². The summed E-state index contributed by atoms with van der Waals surface area (Å²) in [4.78, 5) is 25.0. The predicted octanol–water partition coefficient (Wildman–Crippen LogP) is 12.7. The second-order valence-electron chi connectivity index (χ2n) is 20.0. The van der Waals surface area contributed by atoms with Crippen molar-refractivity contribution in [2.45, 2.75) is 301 Å². The highest BCUT2D eigenvalue weighted by Gasteiger charge is 2.44. The van der Waals surface area contributed by atoms with Gasteiger partial charge in [0.1, 0.15) is 24.4 Å². The standard InChI is InChI=1S/C58H107NO10/c1-3-5-7-9-11-13-15-21-25-28-32-36-40-44-51(61)50(49-68-58-57(66)56(65)55(64)52(48-60)69-58)59-53(62)45-41-37-33-29-26-22-19-17-16-18-20-23-27-31-35-39-43-47-67-54(63)46-42-38-34-30-24-14-12-10-8-6-4-2/h16,18,23,27,40,44,50-52,55-58,60-61,64-66H,3-15,17,19-22,24-26,28-39,41-43,45-49H2,1-2H3,(H,59,62)/b18-16-,27-23-,44-40+. The summed E-state index contributed by atoms with van der Waals surface area (Å²) in [6.07, 6.45) is 47.9. The number of hydrogen-bond acceptors (Lipinski definition) is 10. The van der Waals surface area contributed by atoms with Crippen LogP contribution in [0.15, 0.2) is 36.5 Å². The summed E-state index contributed by atoms with van der Waals surface area (Å²) >= 11 is 0. The third-order valence-electron chi connectivity index (χ3n) is 13.5. The average Bonchev–Trinajstić information content (AvgIpc) is 3.34. The number of aliphatic hydroxyl groups excluding tert-OH is 5. The summed E-state index contributed by atoms with van der Waals surface area (Å²) in [5.74, 6) is -0.231. The van der Waals surface area contributed by atoms with E-state index in [4.69, 9.17) is 14.2 Å². The number of rotatable bonds is 49. The summed E-state index contributed by atoms with van der Waals surface area (Å²) in [6, 6.07) is -0.822. The molecule has 0 saturated carbocycles. The lowest BCUT2D eigenvalue weighted by molar-refractivity contribution is -0.302. The smallest absolute Gasteiger partial charge is 0.305 e. The summed E-state index contributed by atoms with van der Waals surface area (Å²) in [6.45, 7) is 4.28. The Kier molecular flexibility index (Phi) is 45.3. The van der Waals surface area contributed by atoms with Crippen LogP contribution >= 0.6 is 0 Å². The molecule has 1 aliphatic rings. The molecule has 1 amide bonds. The van der Waals surface area contributed by atoms with E-state index >= 15 is 0 Å². The molecule has 0 aliphatic carbocycles. The number of hydrogen-bond donors (Lipinski definition) is 6. The van der Waals surface area contributed by atoms with Crippen molar-refractivity contribution in [3.63, 3.8) is 0 Å². The topological polar surface area (TPSA) is 175 Å². The molecule has 7 unspecified atom stereocenters. The molecular weight excluding hydrogens is 871 g/mol. The first-order chi connectivity index (χ1) is 33.7. The zero-order chi connectivity index (χ0) is 50.3.